The zero-order valence-corrected chi connectivity index (χ0v) is 15.5. The van der Waals surface area contributed by atoms with Gasteiger partial charge in [-0.25, -0.2) is 9.59 Å². The van der Waals surface area contributed by atoms with Crippen molar-refractivity contribution >= 4 is 11.9 Å². The second-order valence-corrected chi connectivity index (χ2v) is 6.40. The summed E-state index contributed by atoms with van der Waals surface area (Å²) < 4.78 is 11.0. The van der Waals surface area contributed by atoms with Crippen LogP contribution in [-0.2, 0) is 0 Å². The minimum absolute atomic E-state index is 0.357. The Morgan fingerprint density at radius 2 is 1.04 bits per heavy atom. The number of hydrogen-bond acceptors (Lipinski definition) is 4. The predicted octanol–water partition coefficient (Wildman–Crippen LogP) is 5.05. The molecule has 3 aromatic rings. The quantitative estimate of drug-likeness (QED) is 0.482. The standard InChI is InChI=1S/C23H20O4/c1-15-7-4-9-18(13-15)22(24)26-20-11-6-12-21(17(20)3)27-23(25)19-10-5-8-16(2)14-19/h4-14H,1-3H3. The van der Waals surface area contributed by atoms with E-state index < -0.39 is 11.9 Å². The maximum Gasteiger partial charge on any atom is 0.343 e. The summed E-state index contributed by atoms with van der Waals surface area (Å²) in [4.78, 5) is 24.8. The highest BCUT2D eigenvalue weighted by atomic mass is 16.5. The van der Waals surface area contributed by atoms with Crippen molar-refractivity contribution < 1.29 is 19.1 Å². The first-order valence-corrected chi connectivity index (χ1v) is 8.61. The lowest BCUT2D eigenvalue weighted by Gasteiger charge is -2.12. The molecule has 4 nitrogen and oxygen atoms in total. The fourth-order valence-corrected chi connectivity index (χ4v) is 2.68. The molecule has 136 valence electrons. The summed E-state index contributed by atoms with van der Waals surface area (Å²) in [5.41, 5.74) is 3.47. The molecule has 0 saturated heterocycles. The zero-order valence-electron chi connectivity index (χ0n) is 15.5. The highest BCUT2D eigenvalue weighted by molar-refractivity contribution is 5.92. The van der Waals surface area contributed by atoms with Crippen LogP contribution in [0.3, 0.4) is 0 Å². The highest BCUT2D eigenvalue weighted by Crippen LogP contribution is 2.29. The Hall–Kier alpha value is -3.40. The van der Waals surface area contributed by atoms with E-state index >= 15 is 0 Å². The fourth-order valence-electron chi connectivity index (χ4n) is 2.68. The SMILES string of the molecule is Cc1cccc(C(=O)Oc2cccc(OC(=O)c3cccc(C)c3)c2C)c1. The summed E-state index contributed by atoms with van der Waals surface area (Å²) in [5, 5.41) is 0. The molecule has 0 unspecified atom stereocenters. The van der Waals surface area contributed by atoms with Crippen LogP contribution in [0.25, 0.3) is 0 Å². The lowest BCUT2D eigenvalue weighted by molar-refractivity contribution is 0.0730. The molecule has 0 aliphatic carbocycles. The van der Waals surface area contributed by atoms with Gasteiger partial charge in [-0.1, -0.05) is 41.5 Å². The van der Waals surface area contributed by atoms with Gasteiger partial charge in [-0.05, 0) is 57.2 Å². The zero-order chi connectivity index (χ0) is 19.4. The van der Waals surface area contributed by atoms with Gasteiger partial charge in [0.1, 0.15) is 11.5 Å². The van der Waals surface area contributed by atoms with Crippen LogP contribution in [0.5, 0.6) is 11.5 Å². The average molecular weight is 360 g/mol. The van der Waals surface area contributed by atoms with Gasteiger partial charge in [0.15, 0.2) is 0 Å². The van der Waals surface area contributed by atoms with E-state index in [2.05, 4.69) is 0 Å². The van der Waals surface area contributed by atoms with Crippen molar-refractivity contribution in [2.45, 2.75) is 20.8 Å². The van der Waals surface area contributed by atoms with Crippen molar-refractivity contribution in [1.29, 1.82) is 0 Å². The number of ether oxygens (including phenoxy) is 2. The number of benzene rings is 3. The van der Waals surface area contributed by atoms with Crippen molar-refractivity contribution in [2.24, 2.45) is 0 Å². The van der Waals surface area contributed by atoms with E-state index in [0.717, 1.165) is 11.1 Å². The number of aryl methyl sites for hydroxylation is 2. The van der Waals surface area contributed by atoms with E-state index in [0.29, 0.717) is 28.2 Å². The van der Waals surface area contributed by atoms with Gasteiger partial charge >= 0.3 is 11.9 Å². The molecular formula is C23H20O4. The molecule has 27 heavy (non-hydrogen) atoms. The summed E-state index contributed by atoms with van der Waals surface area (Å²) in [6.45, 7) is 5.57. The second-order valence-electron chi connectivity index (χ2n) is 6.40. The lowest BCUT2D eigenvalue weighted by atomic mass is 10.1. The van der Waals surface area contributed by atoms with E-state index in [1.807, 2.05) is 26.0 Å². The van der Waals surface area contributed by atoms with E-state index in [1.54, 1.807) is 61.5 Å². The Morgan fingerprint density at radius 3 is 1.44 bits per heavy atom. The minimum Gasteiger partial charge on any atom is -0.423 e. The number of hydrogen-bond donors (Lipinski definition) is 0. The van der Waals surface area contributed by atoms with Crippen LogP contribution >= 0.6 is 0 Å². The summed E-state index contributed by atoms with van der Waals surface area (Å²) in [5.74, 6) is -0.194. The van der Waals surface area contributed by atoms with E-state index in [4.69, 9.17) is 9.47 Å². The first-order valence-electron chi connectivity index (χ1n) is 8.61. The monoisotopic (exact) mass is 360 g/mol. The number of esters is 2. The molecule has 0 aliphatic rings. The van der Waals surface area contributed by atoms with Crippen molar-refractivity contribution in [3.8, 4) is 11.5 Å². The third kappa shape index (κ3) is 4.42. The minimum atomic E-state index is -0.455. The maximum absolute atomic E-state index is 12.4. The number of carbonyl (C=O) groups is 2. The topological polar surface area (TPSA) is 52.6 Å². The van der Waals surface area contributed by atoms with Crippen molar-refractivity contribution in [3.63, 3.8) is 0 Å². The van der Waals surface area contributed by atoms with E-state index in [1.165, 1.54) is 0 Å². The Labute approximate surface area is 158 Å². The lowest BCUT2D eigenvalue weighted by Crippen LogP contribution is -2.12. The van der Waals surface area contributed by atoms with E-state index in [9.17, 15) is 9.59 Å². The van der Waals surface area contributed by atoms with Gasteiger partial charge in [0.05, 0.1) is 11.1 Å². The van der Waals surface area contributed by atoms with Gasteiger partial charge in [0, 0.05) is 5.56 Å². The van der Waals surface area contributed by atoms with Crippen LogP contribution < -0.4 is 9.47 Å². The van der Waals surface area contributed by atoms with Gasteiger partial charge in [-0.3, -0.25) is 0 Å². The third-order valence-electron chi connectivity index (χ3n) is 4.15. The van der Waals surface area contributed by atoms with Gasteiger partial charge in [-0.15, -0.1) is 0 Å². The molecule has 0 bridgehead atoms. The number of rotatable bonds is 4. The molecule has 0 heterocycles. The first kappa shape index (κ1) is 18.4. The van der Waals surface area contributed by atoms with Crippen LogP contribution in [0.15, 0.2) is 66.7 Å². The first-order chi connectivity index (χ1) is 12.9. The van der Waals surface area contributed by atoms with Crippen molar-refractivity contribution in [2.75, 3.05) is 0 Å². The molecule has 0 radical (unpaired) electrons. The Morgan fingerprint density at radius 1 is 0.630 bits per heavy atom. The van der Waals surface area contributed by atoms with Crippen LogP contribution in [0.1, 0.15) is 37.4 Å². The molecule has 0 fully saturated rings. The summed E-state index contributed by atoms with van der Waals surface area (Å²) in [7, 11) is 0. The maximum atomic E-state index is 12.4. The van der Waals surface area contributed by atoms with E-state index in [-0.39, 0.29) is 0 Å². The van der Waals surface area contributed by atoms with Gasteiger partial charge in [0.2, 0.25) is 0 Å². The van der Waals surface area contributed by atoms with Gasteiger partial charge in [0.25, 0.3) is 0 Å². The van der Waals surface area contributed by atoms with Gasteiger partial charge < -0.3 is 9.47 Å². The molecule has 3 aromatic carbocycles. The molecule has 3 rings (SSSR count). The van der Waals surface area contributed by atoms with Gasteiger partial charge in [-0.2, -0.15) is 0 Å². The molecule has 0 aliphatic heterocycles. The molecule has 0 atom stereocenters. The average Bonchev–Trinajstić information content (AvgIpc) is 2.65. The predicted molar refractivity (Wildman–Crippen MR) is 103 cm³/mol. The summed E-state index contributed by atoms with van der Waals surface area (Å²) in [6.07, 6.45) is 0. The smallest absolute Gasteiger partial charge is 0.343 e. The molecule has 4 heteroatoms. The highest BCUT2D eigenvalue weighted by Gasteiger charge is 2.15. The summed E-state index contributed by atoms with van der Waals surface area (Å²) in [6, 6.07) is 19.4. The normalized spacial score (nSPS) is 10.3. The molecule has 0 N–H and O–H groups in total. The summed E-state index contributed by atoms with van der Waals surface area (Å²) >= 11 is 0. The Bertz CT molecular complexity index is 927. The van der Waals surface area contributed by atoms with Crippen LogP contribution in [0, 0.1) is 20.8 Å². The molecule has 0 aromatic heterocycles. The van der Waals surface area contributed by atoms with Crippen LogP contribution in [0.2, 0.25) is 0 Å². The Balaban J connectivity index is 1.79. The second kappa shape index (κ2) is 7.87. The molecule has 0 spiro atoms. The molecular weight excluding hydrogens is 340 g/mol. The third-order valence-corrected chi connectivity index (χ3v) is 4.15. The molecule has 0 saturated carbocycles. The van der Waals surface area contributed by atoms with Crippen molar-refractivity contribution in [1.82, 2.24) is 0 Å². The van der Waals surface area contributed by atoms with Crippen LogP contribution in [-0.4, -0.2) is 11.9 Å². The largest absolute Gasteiger partial charge is 0.423 e. The number of carbonyl (C=O) groups excluding carboxylic acids is 2. The Kier molecular flexibility index (Phi) is 5.36. The van der Waals surface area contributed by atoms with Crippen LogP contribution in [0.4, 0.5) is 0 Å². The fraction of sp³-hybridized carbons (Fsp3) is 0.130. The van der Waals surface area contributed by atoms with Crippen molar-refractivity contribution in [3.05, 3.63) is 94.5 Å². The molecule has 0 amide bonds.